The van der Waals surface area contributed by atoms with E-state index in [9.17, 15) is 14.7 Å². The van der Waals surface area contributed by atoms with E-state index in [0.29, 0.717) is 25.8 Å². The van der Waals surface area contributed by atoms with Crippen LogP contribution >= 0.6 is 0 Å². The van der Waals surface area contributed by atoms with Crippen molar-refractivity contribution in [1.82, 2.24) is 10.2 Å². The summed E-state index contributed by atoms with van der Waals surface area (Å²) in [5.41, 5.74) is 12.9. The maximum absolute atomic E-state index is 13.3. The number of cyclic esters (lactones) is 1. The molecule has 4 atom stereocenters. The van der Waals surface area contributed by atoms with Gasteiger partial charge in [-0.15, -0.1) is 0 Å². The van der Waals surface area contributed by atoms with E-state index in [0.717, 1.165) is 16.7 Å². The van der Waals surface area contributed by atoms with Crippen molar-refractivity contribution in [1.29, 1.82) is 0 Å². The number of amides is 2. The fourth-order valence-electron chi connectivity index (χ4n) is 5.07. The quantitative estimate of drug-likeness (QED) is 0.387. The van der Waals surface area contributed by atoms with Gasteiger partial charge in [0.05, 0.1) is 17.7 Å². The van der Waals surface area contributed by atoms with Gasteiger partial charge in [0.1, 0.15) is 5.60 Å². The lowest BCUT2D eigenvalue weighted by Crippen LogP contribution is -2.51. The zero-order chi connectivity index (χ0) is 28.3. The fraction of sp³-hybridized carbons (Fsp3) is 0.533. The number of benzene rings is 2. The molecule has 2 unspecified atom stereocenters. The van der Waals surface area contributed by atoms with Gasteiger partial charge < -0.3 is 31.5 Å². The molecule has 1 heterocycles. The standard InChI is InChI=1S/C30H44N4O4/c1-20(21-12-14-22(15-13-21)24(31)18-25(32)26(35)33-28(2,3)4)34-17-16-30(38-27(34)36,19-29(5,6)37)23-10-8-7-9-11-23/h7-15,20,24-25,37H,16-19,31-32H2,1-6H3,(H,33,35)/t20-,24?,25?,30-/m0/s1. The third-order valence-corrected chi connectivity index (χ3v) is 6.95. The van der Waals surface area contributed by atoms with Gasteiger partial charge in [-0.1, -0.05) is 54.6 Å². The summed E-state index contributed by atoms with van der Waals surface area (Å²) in [4.78, 5) is 27.3. The van der Waals surface area contributed by atoms with E-state index in [2.05, 4.69) is 5.32 Å². The zero-order valence-corrected chi connectivity index (χ0v) is 23.5. The van der Waals surface area contributed by atoms with Gasteiger partial charge in [0.15, 0.2) is 0 Å². The molecule has 2 aromatic rings. The summed E-state index contributed by atoms with van der Waals surface area (Å²) in [6, 6.07) is 16.1. The molecule has 8 heteroatoms. The van der Waals surface area contributed by atoms with E-state index in [-0.39, 0.29) is 17.5 Å². The first-order valence-electron chi connectivity index (χ1n) is 13.3. The van der Waals surface area contributed by atoms with Crippen molar-refractivity contribution in [2.24, 2.45) is 11.5 Å². The lowest BCUT2D eigenvalue weighted by atomic mass is 9.80. The average Bonchev–Trinajstić information content (AvgIpc) is 2.82. The second-order valence-corrected chi connectivity index (χ2v) is 12.2. The van der Waals surface area contributed by atoms with E-state index >= 15 is 0 Å². The topological polar surface area (TPSA) is 131 Å². The highest BCUT2D eigenvalue weighted by molar-refractivity contribution is 5.82. The third-order valence-electron chi connectivity index (χ3n) is 6.95. The summed E-state index contributed by atoms with van der Waals surface area (Å²) in [6.45, 7) is 11.6. The van der Waals surface area contributed by atoms with Crippen molar-refractivity contribution in [3.05, 3.63) is 71.3 Å². The van der Waals surface area contributed by atoms with E-state index in [1.165, 1.54) is 0 Å². The van der Waals surface area contributed by atoms with Crippen LogP contribution in [0.3, 0.4) is 0 Å². The lowest BCUT2D eigenvalue weighted by Gasteiger charge is -2.45. The van der Waals surface area contributed by atoms with Gasteiger partial charge in [-0.3, -0.25) is 4.79 Å². The van der Waals surface area contributed by atoms with Crippen molar-refractivity contribution >= 4 is 12.0 Å². The largest absolute Gasteiger partial charge is 0.438 e. The van der Waals surface area contributed by atoms with Gasteiger partial charge in [0, 0.05) is 31.0 Å². The molecule has 0 spiro atoms. The number of aliphatic hydroxyl groups is 1. The van der Waals surface area contributed by atoms with Crippen molar-refractivity contribution < 1.29 is 19.4 Å². The Morgan fingerprint density at radius 1 is 1.05 bits per heavy atom. The first kappa shape index (κ1) is 29.6. The minimum Gasteiger partial charge on any atom is -0.438 e. The summed E-state index contributed by atoms with van der Waals surface area (Å²) >= 11 is 0. The van der Waals surface area contributed by atoms with E-state index in [4.69, 9.17) is 16.2 Å². The van der Waals surface area contributed by atoms with E-state index in [1.807, 2.05) is 82.3 Å². The lowest BCUT2D eigenvalue weighted by molar-refractivity contribution is -0.124. The minimum atomic E-state index is -1.01. The van der Waals surface area contributed by atoms with Crippen LogP contribution in [0.5, 0.6) is 0 Å². The van der Waals surface area contributed by atoms with Crippen LogP contribution in [0, 0.1) is 0 Å². The number of nitrogens with two attached hydrogens (primary N) is 2. The summed E-state index contributed by atoms with van der Waals surface area (Å²) < 4.78 is 6.11. The highest BCUT2D eigenvalue weighted by Gasteiger charge is 2.46. The Hall–Kier alpha value is -2.94. The van der Waals surface area contributed by atoms with Crippen LogP contribution in [-0.2, 0) is 15.1 Å². The number of rotatable bonds is 9. The Bertz CT molecular complexity index is 1090. The molecule has 1 fully saturated rings. The van der Waals surface area contributed by atoms with Gasteiger partial charge in [0.25, 0.3) is 0 Å². The Balaban J connectivity index is 1.68. The Morgan fingerprint density at radius 3 is 2.16 bits per heavy atom. The van der Waals surface area contributed by atoms with E-state index in [1.54, 1.807) is 18.7 Å². The number of hydrogen-bond donors (Lipinski definition) is 4. The molecule has 38 heavy (non-hydrogen) atoms. The van der Waals surface area contributed by atoms with Crippen molar-refractivity contribution in [3.63, 3.8) is 0 Å². The van der Waals surface area contributed by atoms with Crippen LogP contribution in [0.15, 0.2) is 54.6 Å². The predicted octanol–water partition coefficient (Wildman–Crippen LogP) is 4.28. The number of nitrogens with zero attached hydrogens (tertiary/aromatic N) is 1. The number of hydrogen-bond acceptors (Lipinski definition) is 6. The van der Waals surface area contributed by atoms with Crippen molar-refractivity contribution in [2.75, 3.05) is 6.54 Å². The third kappa shape index (κ3) is 7.56. The summed E-state index contributed by atoms with van der Waals surface area (Å²) in [7, 11) is 0. The monoisotopic (exact) mass is 524 g/mol. The number of carbonyl (C=O) groups excluding carboxylic acids is 2. The number of ether oxygens (including phenoxy) is 1. The van der Waals surface area contributed by atoms with Gasteiger partial charge in [-0.25, -0.2) is 4.79 Å². The van der Waals surface area contributed by atoms with Crippen LogP contribution < -0.4 is 16.8 Å². The molecule has 1 aliphatic rings. The van der Waals surface area contributed by atoms with Crippen molar-refractivity contribution in [2.45, 2.75) is 95.7 Å². The molecular formula is C30H44N4O4. The Kier molecular flexibility index (Phi) is 8.91. The van der Waals surface area contributed by atoms with Crippen LogP contribution in [-0.4, -0.2) is 45.7 Å². The molecule has 6 N–H and O–H groups in total. The van der Waals surface area contributed by atoms with Crippen LogP contribution in [0.4, 0.5) is 4.79 Å². The average molecular weight is 525 g/mol. The van der Waals surface area contributed by atoms with Gasteiger partial charge >= 0.3 is 6.09 Å². The van der Waals surface area contributed by atoms with E-state index < -0.39 is 29.4 Å². The molecule has 2 amide bonds. The first-order chi connectivity index (χ1) is 17.6. The maximum Gasteiger partial charge on any atom is 0.411 e. The minimum absolute atomic E-state index is 0.219. The molecule has 3 rings (SSSR count). The zero-order valence-electron chi connectivity index (χ0n) is 23.5. The molecule has 1 saturated heterocycles. The van der Waals surface area contributed by atoms with Crippen LogP contribution in [0.25, 0.3) is 0 Å². The second kappa shape index (κ2) is 11.4. The molecule has 0 aliphatic carbocycles. The summed E-state index contributed by atoms with van der Waals surface area (Å²) in [5.74, 6) is -0.224. The maximum atomic E-state index is 13.3. The summed E-state index contributed by atoms with van der Waals surface area (Å²) in [5, 5.41) is 13.5. The number of carbonyl (C=O) groups is 2. The molecule has 8 nitrogen and oxygen atoms in total. The highest BCUT2D eigenvalue weighted by atomic mass is 16.6. The predicted molar refractivity (Wildman–Crippen MR) is 149 cm³/mol. The van der Waals surface area contributed by atoms with Crippen molar-refractivity contribution in [3.8, 4) is 0 Å². The molecule has 0 radical (unpaired) electrons. The first-order valence-corrected chi connectivity index (χ1v) is 13.3. The molecular weight excluding hydrogens is 480 g/mol. The normalized spacial score (nSPS) is 20.9. The van der Waals surface area contributed by atoms with Gasteiger partial charge in [-0.2, -0.15) is 0 Å². The smallest absolute Gasteiger partial charge is 0.411 e. The van der Waals surface area contributed by atoms with Gasteiger partial charge in [0.2, 0.25) is 5.91 Å². The molecule has 0 aromatic heterocycles. The Morgan fingerprint density at radius 2 is 1.63 bits per heavy atom. The van der Waals surface area contributed by atoms with Crippen LogP contribution in [0.1, 0.15) is 89.6 Å². The number of nitrogens with one attached hydrogen (secondary N) is 1. The van der Waals surface area contributed by atoms with Crippen LogP contribution in [0.2, 0.25) is 0 Å². The molecule has 0 bridgehead atoms. The molecule has 2 aromatic carbocycles. The van der Waals surface area contributed by atoms with Gasteiger partial charge in [-0.05, 0) is 64.7 Å². The fourth-order valence-corrected chi connectivity index (χ4v) is 5.07. The second-order valence-electron chi connectivity index (χ2n) is 12.2. The Labute approximate surface area is 226 Å². The molecule has 208 valence electrons. The summed E-state index contributed by atoms with van der Waals surface area (Å²) in [6.07, 6.45) is 0.779. The highest BCUT2D eigenvalue weighted by Crippen LogP contribution is 2.42. The SMILES string of the molecule is C[C@@H](c1ccc(C(N)CC(N)C(=O)NC(C)(C)C)cc1)N1CC[C@](CC(C)(C)O)(c2ccccc2)OC1=O. The molecule has 1 aliphatic heterocycles. The molecule has 0 saturated carbocycles.